The molecule has 0 fully saturated rings. The van der Waals surface area contributed by atoms with Gasteiger partial charge in [-0.05, 0) is 68.1 Å². The molecule has 2 aromatic carbocycles. The molecular formula is C24H31BrN2O3. The molecule has 0 bridgehead atoms. The SMILES string of the molecule is CCCCNC(=O)[C@@H](C)N(Cc1ccc(Br)cc1)C(=O)COc1cc(C)cc(C)c1. The first-order valence-electron chi connectivity index (χ1n) is 10.3. The molecule has 1 atom stereocenters. The number of hydrogen-bond acceptors (Lipinski definition) is 3. The molecule has 0 spiro atoms. The Morgan fingerprint density at radius 1 is 1.10 bits per heavy atom. The van der Waals surface area contributed by atoms with Crippen LogP contribution in [0.5, 0.6) is 5.75 Å². The molecule has 0 heterocycles. The maximum atomic E-state index is 13.0. The summed E-state index contributed by atoms with van der Waals surface area (Å²) in [5.41, 5.74) is 3.10. The van der Waals surface area contributed by atoms with Gasteiger partial charge in [0.15, 0.2) is 6.61 Å². The van der Waals surface area contributed by atoms with Gasteiger partial charge in [-0.3, -0.25) is 9.59 Å². The fourth-order valence-corrected chi connectivity index (χ4v) is 3.41. The molecule has 0 saturated heterocycles. The fraction of sp³-hybridized carbons (Fsp3) is 0.417. The Balaban J connectivity index is 2.12. The first kappa shape index (κ1) is 23.9. The number of carbonyl (C=O) groups excluding carboxylic acids is 2. The standard InChI is InChI=1S/C24H31BrN2O3/c1-5-6-11-26-24(29)19(4)27(15-20-7-9-21(25)10-8-20)23(28)16-30-22-13-17(2)12-18(3)14-22/h7-10,12-14,19H,5-6,11,15-16H2,1-4H3,(H,26,29)/t19-/m1/s1. The topological polar surface area (TPSA) is 58.6 Å². The Morgan fingerprint density at radius 3 is 2.33 bits per heavy atom. The van der Waals surface area contributed by atoms with Gasteiger partial charge in [-0.1, -0.05) is 47.5 Å². The number of ether oxygens (including phenoxy) is 1. The molecule has 0 radical (unpaired) electrons. The number of amides is 2. The van der Waals surface area contributed by atoms with E-state index in [0.29, 0.717) is 18.8 Å². The molecule has 0 aliphatic rings. The molecule has 2 amide bonds. The molecule has 0 unspecified atom stereocenters. The Bertz CT molecular complexity index is 832. The fourth-order valence-electron chi connectivity index (χ4n) is 3.15. The molecule has 162 valence electrons. The molecule has 0 aliphatic heterocycles. The highest BCUT2D eigenvalue weighted by Gasteiger charge is 2.26. The summed E-state index contributed by atoms with van der Waals surface area (Å²) < 4.78 is 6.73. The lowest BCUT2D eigenvalue weighted by Crippen LogP contribution is -2.49. The van der Waals surface area contributed by atoms with E-state index >= 15 is 0 Å². The predicted molar refractivity (Wildman–Crippen MR) is 123 cm³/mol. The number of benzene rings is 2. The molecule has 2 rings (SSSR count). The normalized spacial score (nSPS) is 11.6. The average Bonchev–Trinajstić information content (AvgIpc) is 2.70. The second kappa shape index (κ2) is 11.7. The summed E-state index contributed by atoms with van der Waals surface area (Å²) in [5.74, 6) is 0.278. The summed E-state index contributed by atoms with van der Waals surface area (Å²) in [6.07, 6.45) is 1.91. The first-order chi connectivity index (χ1) is 14.3. The van der Waals surface area contributed by atoms with Crippen molar-refractivity contribution in [2.75, 3.05) is 13.2 Å². The minimum Gasteiger partial charge on any atom is -0.484 e. The van der Waals surface area contributed by atoms with Crippen LogP contribution in [-0.4, -0.2) is 35.9 Å². The highest BCUT2D eigenvalue weighted by Crippen LogP contribution is 2.18. The highest BCUT2D eigenvalue weighted by atomic mass is 79.9. The molecule has 0 aromatic heterocycles. The molecule has 5 nitrogen and oxygen atoms in total. The molecular weight excluding hydrogens is 444 g/mol. The van der Waals surface area contributed by atoms with E-state index in [2.05, 4.69) is 34.2 Å². The van der Waals surface area contributed by atoms with Crippen molar-refractivity contribution in [2.45, 2.75) is 53.1 Å². The van der Waals surface area contributed by atoms with Crippen LogP contribution >= 0.6 is 15.9 Å². The second-order valence-corrected chi connectivity index (χ2v) is 8.50. The van der Waals surface area contributed by atoms with E-state index in [9.17, 15) is 9.59 Å². The van der Waals surface area contributed by atoms with Crippen LogP contribution in [-0.2, 0) is 16.1 Å². The van der Waals surface area contributed by atoms with Crippen LogP contribution in [0.2, 0.25) is 0 Å². The second-order valence-electron chi connectivity index (χ2n) is 7.58. The zero-order valence-electron chi connectivity index (χ0n) is 18.2. The minimum absolute atomic E-state index is 0.119. The van der Waals surface area contributed by atoms with Crippen molar-refractivity contribution in [3.63, 3.8) is 0 Å². The third-order valence-corrected chi connectivity index (χ3v) is 5.35. The van der Waals surface area contributed by atoms with Crippen molar-refractivity contribution in [2.24, 2.45) is 0 Å². The van der Waals surface area contributed by atoms with Gasteiger partial charge < -0.3 is 15.0 Å². The average molecular weight is 475 g/mol. The van der Waals surface area contributed by atoms with Gasteiger partial charge in [0.2, 0.25) is 5.91 Å². The summed E-state index contributed by atoms with van der Waals surface area (Å²) >= 11 is 3.43. The summed E-state index contributed by atoms with van der Waals surface area (Å²) in [6.45, 7) is 8.64. The molecule has 30 heavy (non-hydrogen) atoms. The zero-order chi connectivity index (χ0) is 22.1. The van der Waals surface area contributed by atoms with E-state index in [1.54, 1.807) is 11.8 Å². The Hall–Kier alpha value is -2.34. The largest absolute Gasteiger partial charge is 0.484 e. The Morgan fingerprint density at radius 2 is 1.73 bits per heavy atom. The summed E-state index contributed by atoms with van der Waals surface area (Å²) in [5, 5.41) is 2.92. The zero-order valence-corrected chi connectivity index (χ0v) is 19.8. The van der Waals surface area contributed by atoms with Crippen molar-refractivity contribution in [1.29, 1.82) is 0 Å². The molecule has 2 aromatic rings. The van der Waals surface area contributed by atoms with E-state index in [1.807, 2.05) is 50.2 Å². The predicted octanol–water partition coefficient (Wildman–Crippen LogP) is 4.78. The quantitative estimate of drug-likeness (QED) is 0.504. The van der Waals surface area contributed by atoms with Crippen LogP contribution < -0.4 is 10.1 Å². The van der Waals surface area contributed by atoms with Crippen molar-refractivity contribution in [3.8, 4) is 5.75 Å². The molecule has 0 aliphatic carbocycles. The van der Waals surface area contributed by atoms with Gasteiger partial charge in [-0.2, -0.15) is 0 Å². The van der Waals surface area contributed by atoms with Gasteiger partial charge in [0.25, 0.3) is 5.91 Å². The van der Waals surface area contributed by atoms with E-state index in [1.165, 1.54) is 0 Å². The van der Waals surface area contributed by atoms with Gasteiger partial charge >= 0.3 is 0 Å². The third-order valence-electron chi connectivity index (χ3n) is 4.82. The maximum Gasteiger partial charge on any atom is 0.261 e. The molecule has 0 saturated carbocycles. The number of hydrogen-bond donors (Lipinski definition) is 1. The number of aryl methyl sites for hydroxylation is 2. The summed E-state index contributed by atoms with van der Waals surface area (Å²) in [6, 6.07) is 13.0. The van der Waals surface area contributed by atoms with Gasteiger partial charge in [0.05, 0.1) is 0 Å². The third kappa shape index (κ3) is 7.48. The summed E-state index contributed by atoms with van der Waals surface area (Å²) in [7, 11) is 0. The minimum atomic E-state index is -0.596. The van der Waals surface area contributed by atoms with Crippen molar-refractivity contribution in [1.82, 2.24) is 10.2 Å². The summed E-state index contributed by atoms with van der Waals surface area (Å²) in [4.78, 5) is 27.2. The lowest BCUT2D eigenvalue weighted by Gasteiger charge is -2.29. The van der Waals surface area contributed by atoms with E-state index < -0.39 is 6.04 Å². The number of halogens is 1. The van der Waals surface area contributed by atoms with Crippen LogP contribution in [0.1, 0.15) is 43.4 Å². The first-order valence-corrected chi connectivity index (χ1v) is 11.1. The Labute approximate surface area is 187 Å². The lowest BCUT2D eigenvalue weighted by atomic mass is 10.1. The van der Waals surface area contributed by atoms with E-state index in [-0.39, 0.29) is 18.4 Å². The van der Waals surface area contributed by atoms with Crippen LogP contribution in [0, 0.1) is 13.8 Å². The lowest BCUT2D eigenvalue weighted by molar-refractivity contribution is -0.142. The van der Waals surface area contributed by atoms with Crippen LogP contribution in [0.15, 0.2) is 46.9 Å². The monoisotopic (exact) mass is 474 g/mol. The molecule has 6 heteroatoms. The highest BCUT2D eigenvalue weighted by molar-refractivity contribution is 9.10. The number of carbonyl (C=O) groups is 2. The van der Waals surface area contributed by atoms with Crippen molar-refractivity contribution < 1.29 is 14.3 Å². The number of nitrogens with one attached hydrogen (secondary N) is 1. The van der Waals surface area contributed by atoms with E-state index in [4.69, 9.17) is 4.74 Å². The van der Waals surface area contributed by atoms with Gasteiger partial charge in [-0.15, -0.1) is 0 Å². The van der Waals surface area contributed by atoms with Gasteiger partial charge in [0, 0.05) is 17.6 Å². The van der Waals surface area contributed by atoms with Crippen molar-refractivity contribution >= 4 is 27.7 Å². The van der Waals surface area contributed by atoms with Crippen molar-refractivity contribution in [3.05, 3.63) is 63.6 Å². The van der Waals surface area contributed by atoms with Crippen LogP contribution in [0.4, 0.5) is 0 Å². The van der Waals surface area contributed by atoms with Crippen LogP contribution in [0.3, 0.4) is 0 Å². The van der Waals surface area contributed by atoms with E-state index in [0.717, 1.165) is 34.0 Å². The number of nitrogens with zero attached hydrogens (tertiary/aromatic N) is 1. The van der Waals surface area contributed by atoms with Gasteiger partial charge in [-0.25, -0.2) is 0 Å². The van der Waals surface area contributed by atoms with Crippen LogP contribution in [0.25, 0.3) is 0 Å². The molecule has 1 N–H and O–H groups in total. The number of rotatable bonds is 10. The maximum absolute atomic E-state index is 13.0. The number of unbranched alkanes of at least 4 members (excludes halogenated alkanes) is 1. The smallest absolute Gasteiger partial charge is 0.261 e. The van der Waals surface area contributed by atoms with Gasteiger partial charge in [0.1, 0.15) is 11.8 Å². The Kier molecular flexibility index (Phi) is 9.37.